The van der Waals surface area contributed by atoms with E-state index < -0.39 is 6.04 Å². The lowest BCUT2D eigenvalue weighted by molar-refractivity contribution is -0.140. The van der Waals surface area contributed by atoms with Crippen LogP contribution in [0.1, 0.15) is 16.7 Å². The molecule has 0 bridgehead atoms. The summed E-state index contributed by atoms with van der Waals surface area (Å²) in [7, 11) is 1.57. The van der Waals surface area contributed by atoms with E-state index in [0.717, 1.165) is 11.1 Å². The van der Waals surface area contributed by atoms with Gasteiger partial charge >= 0.3 is 0 Å². The third-order valence-corrected chi connectivity index (χ3v) is 5.81. The smallest absolute Gasteiger partial charge is 0.242 e. The van der Waals surface area contributed by atoms with Gasteiger partial charge in [0.2, 0.25) is 11.8 Å². The maximum absolute atomic E-state index is 13.5. The highest BCUT2D eigenvalue weighted by Crippen LogP contribution is 2.27. The number of rotatable bonds is 8. The summed E-state index contributed by atoms with van der Waals surface area (Å²) in [5.74, 6) is -0.417. The molecule has 0 spiro atoms. The van der Waals surface area contributed by atoms with E-state index in [4.69, 9.17) is 23.2 Å². The zero-order valence-corrected chi connectivity index (χ0v) is 18.7. The minimum atomic E-state index is -0.712. The minimum absolute atomic E-state index is 0.134. The van der Waals surface area contributed by atoms with Crippen molar-refractivity contribution in [2.45, 2.75) is 25.4 Å². The van der Waals surface area contributed by atoms with Gasteiger partial charge < -0.3 is 10.2 Å². The summed E-state index contributed by atoms with van der Waals surface area (Å²) in [6.45, 7) is 0.134. The molecular weight excluding hydrogens is 431 g/mol. The summed E-state index contributed by atoms with van der Waals surface area (Å²) in [5.41, 5.74) is 2.45. The second-order valence-corrected chi connectivity index (χ2v) is 8.02. The number of nitrogens with zero attached hydrogens (tertiary/aromatic N) is 1. The molecule has 3 aromatic rings. The number of nitrogens with one attached hydrogen (secondary N) is 1. The molecule has 0 aromatic heterocycles. The molecule has 3 aromatic carbocycles. The molecule has 4 nitrogen and oxygen atoms in total. The zero-order chi connectivity index (χ0) is 22.2. The Balaban J connectivity index is 1.98. The highest BCUT2D eigenvalue weighted by atomic mass is 35.5. The molecule has 1 atom stereocenters. The fourth-order valence-electron chi connectivity index (χ4n) is 3.45. The zero-order valence-electron chi connectivity index (χ0n) is 17.2. The summed E-state index contributed by atoms with van der Waals surface area (Å²) in [6, 6.07) is 23.6. The van der Waals surface area contributed by atoms with Crippen molar-refractivity contribution >= 4 is 35.0 Å². The average Bonchev–Trinajstić information content (AvgIpc) is 2.78. The van der Waals surface area contributed by atoms with Crippen molar-refractivity contribution in [1.82, 2.24) is 10.2 Å². The Morgan fingerprint density at radius 2 is 1.39 bits per heavy atom. The van der Waals surface area contributed by atoms with Crippen molar-refractivity contribution in [3.63, 3.8) is 0 Å². The van der Waals surface area contributed by atoms with Gasteiger partial charge in [0, 0.05) is 35.6 Å². The molecule has 0 unspecified atom stereocenters. The van der Waals surface area contributed by atoms with Crippen LogP contribution in [0.2, 0.25) is 10.0 Å². The highest BCUT2D eigenvalue weighted by molar-refractivity contribution is 6.36. The van der Waals surface area contributed by atoms with Gasteiger partial charge in [-0.05, 0) is 23.3 Å². The van der Waals surface area contributed by atoms with Crippen LogP contribution in [0.4, 0.5) is 0 Å². The van der Waals surface area contributed by atoms with Crippen LogP contribution in [0.3, 0.4) is 0 Å². The summed E-state index contributed by atoms with van der Waals surface area (Å²) in [4.78, 5) is 27.9. The molecule has 0 aliphatic heterocycles. The second kappa shape index (κ2) is 11.0. The number of carbonyl (C=O) groups excluding carboxylic acids is 2. The molecule has 160 valence electrons. The van der Waals surface area contributed by atoms with Crippen molar-refractivity contribution in [2.75, 3.05) is 7.05 Å². The molecular formula is C25H24Cl2N2O2. The normalized spacial score (nSPS) is 11.6. The number of carbonyl (C=O) groups is 2. The van der Waals surface area contributed by atoms with E-state index in [1.165, 1.54) is 0 Å². The largest absolute Gasteiger partial charge is 0.357 e. The van der Waals surface area contributed by atoms with Crippen LogP contribution >= 0.6 is 23.2 Å². The topological polar surface area (TPSA) is 49.4 Å². The van der Waals surface area contributed by atoms with E-state index >= 15 is 0 Å². The van der Waals surface area contributed by atoms with Crippen LogP contribution in [0.25, 0.3) is 0 Å². The van der Waals surface area contributed by atoms with Crippen LogP contribution in [-0.2, 0) is 29.0 Å². The van der Waals surface area contributed by atoms with Gasteiger partial charge in [0.25, 0.3) is 0 Å². The molecule has 31 heavy (non-hydrogen) atoms. The van der Waals surface area contributed by atoms with Crippen molar-refractivity contribution < 1.29 is 9.59 Å². The Hall–Kier alpha value is -2.82. The first-order valence-corrected chi connectivity index (χ1v) is 10.8. The molecule has 0 heterocycles. The fraction of sp³-hybridized carbons (Fsp3) is 0.200. The van der Waals surface area contributed by atoms with E-state index in [0.29, 0.717) is 22.0 Å². The molecule has 0 aliphatic carbocycles. The van der Waals surface area contributed by atoms with Crippen LogP contribution in [-0.4, -0.2) is 29.8 Å². The standard InChI is InChI=1S/C25H24Cl2N2O2/c1-28-25(31)23(15-18-9-4-2-5-10-18)29(17-20-21(26)13-8-14-22(20)27)24(30)16-19-11-6-3-7-12-19/h2-14,23H,15-17H2,1H3,(H,28,31)/t23-/m0/s1. The molecule has 0 saturated heterocycles. The Kier molecular flexibility index (Phi) is 8.10. The summed E-state index contributed by atoms with van der Waals surface area (Å²) >= 11 is 12.8. The molecule has 2 amide bonds. The number of amides is 2. The average molecular weight is 455 g/mol. The fourth-order valence-corrected chi connectivity index (χ4v) is 3.96. The van der Waals surface area contributed by atoms with E-state index in [1.54, 1.807) is 30.1 Å². The van der Waals surface area contributed by atoms with Crippen LogP contribution in [0.15, 0.2) is 78.9 Å². The van der Waals surface area contributed by atoms with Gasteiger partial charge in [-0.1, -0.05) is 89.9 Å². The first-order valence-electron chi connectivity index (χ1n) is 10.0. The number of benzene rings is 3. The van der Waals surface area contributed by atoms with Gasteiger partial charge in [-0.15, -0.1) is 0 Å². The number of hydrogen-bond donors (Lipinski definition) is 1. The Morgan fingerprint density at radius 3 is 1.94 bits per heavy atom. The number of likely N-dealkylation sites (N-methyl/N-ethyl adjacent to an activating group) is 1. The van der Waals surface area contributed by atoms with Gasteiger partial charge in [-0.3, -0.25) is 9.59 Å². The van der Waals surface area contributed by atoms with Gasteiger partial charge in [0.1, 0.15) is 6.04 Å². The quantitative estimate of drug-likeness (QED) is 0.524. The third kappa shape index (κ3) is 6.09. The summed E-state index contributed by atoms with van der Waals surface area (Å²) in [6.07, 6.45) is 0.550. The number of halogens is 2. The van der Waals surface area contributed by atoms with E-state index in [1.807, 2.05) is 60.7 Å². The van der Waals surface area contributed by atoms with Gasteiger partial charge in [0.05, 0.1) is 6.42 Å². The Labute approximate surface area is 192 Å². The minimum Gasteiger partial charge on any atom is -0.357 e. The van der Waals surface area contributed by atoms with E-state index in [2.05, 4.69) is 5.32 Å². The van der Waals surface area contributed by atoms with Gasteiger partial charge in [-0.25, -0.2) is 0 Å². The summed E-state index contributed by atoms with van der Waals surface area (Å²) < 4.78 is 0. The molecule has 0 fully saturated rings. The lowest BCUT2D eigenvalue weighted by Gasteiger charge is -2.31. The number of hydrogen-bond acceptors (Lipinski definition) is 2. The van der Waals surface area contributed by atoms with Crippen LogP contribution in [0, 0.1) is 0 Å². The predicted molar refractivity (Wildman–Crippen MR) is 125 cm³/mol. The van der Waals surface area contributed by atoms with E-state index in [-0.39, 0.29) is 24.8 Å². The SMILES string of the molecule is CNC(=O)[C@H](Cc1ccccc1)N(Cc1c(Cl)cccc1Cl)C(=O)Cc1ccccc1. The maximum atomic E-state index is 13.5. The molecule has 3 rings (SSSR count). The highest BCUT2D eigenvalue weighted by Gasteiger charge is 2.30. The van der Waals surface area contributed by atoms with Crippen molar-refractivity contribution in [3.05, 3.63) is 106 Å². The lowest BCUT2D eigenvalue weighted by atomic mass is 10.0. The van der Waals surface area contributed by atoms with E-state index in [9.17, 15) is 9.59 Å². The van der Waals surface area contributed by atoms with Gasteiger partial charge in [0.15, 0.2) is 0 Å². The summed E-state index contributed by atoms with van der Waals surface area (Å²) in [5, 5.41) is 3.62. The molecule has 1 N–H and O–H groups in total. The van der Waals surface area contributed by atoms with Crippen molar-refractivity contribution in [1.29, 1.82) is 0 Å². The third-order valence-electron chi connectivity index (χ3n) is 5.11. The Bertz CT molecular complexity index is 1010. The molecule has 0 radical (unpaired) electrons. The molecule has 0 saturated carbocycles. The predicted octanol–water partition coefficient (Wildman–Crippen LogP) is 4.92. The van der Waals surface area contributed by atoms with Crippen LogP contribution in [0.5, 0.6) is 0 Å². The monoisotopic (exact) mass is 454 g/mol. The van der Waals surface area contributed by atoms with Crippen LogP contribution < -0.4 is 5.32 Å². The van der Waals surface area contributed by atoms with Crippen molar-refractivity contribution in [2.24, 2.45) is 0 Å². The second-order valence-electron chi connectivity index (χ2n) is 7.20. The molecule has 0 aliphatic rings. The molecule has 6 heteroatoms. The maximum Gasteiger partial charge on any atom is 0.242 e. The van der Waals surface area contributed by atoms with Crippen molar-refractivity contribution in [3.8, 4) is 0 Å². The first kappa shape index (κ1) is 22.9. The lowest BCUT2D eigenvalue weighted by Crippen LogP contribution is -2.50. The first-order chi connectivity index (χ1) is 15.0. The Morgan fingerprint density at radius 1 is 0.839 bits per heavy atom. The van der Waals surface area contributed by atoms with Gasteiger partial charge in [-0.2, -0.15) is 0 Å².